The smallest absolute Gasteiger partial charge is 0.0624 e. The summed E-state index contributed by atoms with van der Waals surface area (Å²) in [6, 6.07) is 4.78. The second-order valence-corrected chi connectivity index (χ2v) is 5.57. The van der Waals surface area contributed by atoms with Gasteiger partial charge in [0, 0.05) is 30.1 Å². The van der Waals surface area contributed by atoms with Gasteiger partial charge in [0.15, 0.2) is 0 Å². The first-order chi connectivity index (χ1) is 8.65. The van der Waals surface area contributed by atoms with E-state index in [0.29, 0.717) is 6.04 Å². The second kappa shape index (κ2) is 5.67. The van der Waals surface area contributed by atoms with Crippen molar-refractivity contribution in [1.82, 2.24) is 15.1 Å². The van der Waals surface area contributed by atoms with Gasteiger partial charge < -0.3 is 5.32 Å². The molecule has 1 unspecified atom stereocenters. The summed E-state index contributed by atoms with van der Waals surface area (Å²) in [4.78, 5) is 1.43. The SMILES string of the molecule is CCc1cc(CC(NC)c2sccc2C)n(C)n1. The third-order valence-electron chi connectivity index (χ3n) is 3.37. The van der Waals surface area contributed by atoms with E-state index in [2.05, 4.69) is 41.8 Å². The highest BCUT2D eigenvalue weighted by Crippen LogP contribution is 2.26. The maximum absolute atomic E-state index is 4.51. The van der Waals surface area contributed by atoms with Crippen molar-refractivity contribution in [3.8, 4) is 0 Å². The van der Waals surface area contributed by atoms with Crippen LogP contribution in [0.25, 0.3) is 0 Å². The van der Waals surface area contributed by atoms with Crippen molar-refractivity contribution in [2.24, 2.45) is 7.05 Å². The van der Waals surface area contributed by atoms with Crippen LogP contribution in [0.2, 0.25) is 0 Å². The van der Waals surface area contributed by atoms with Gasteiger partial charge in [-0.05, 0) is 43.5 Å². The van der Waals surface area contributed by atoms with Gasteiger partial charge in [-0.1, -0.05) is 6.92 Å². The number of aryl methyl sites for hydroxylation is 3. The molecule has 0 saturated heterocycles. The van der Waals surface area contributed by atoms with Crippen molar-refractivity contribution < 1.29 is 0 Å². The molecule has 0 aromatic carbocycles. The van der Waals surface area contributed by atoms with Crippen molar-refractivity contribution in [3.05, 3.63) is 39.3 Å². The maximum Gasteiger partial charge on any atom is 0.0624 e. The summed E-state index contributed by atoms with van der Waals surface area (Å²) in [6.07, 6.45) is 1.98. The van der Waals surface area contributed by atoms with Crippen molar-refractivity contribution in [2.75, 3.05) is 7.05 Å². The molecule has 0 bridgehead atoms. The fraction of sp³-hybridized carbons (Fsp3) is 0.500. The Kier molecular flexibility index (Phi) is 4.19. The molecule has 1 N–H and O–H groups in total. The van der Waals surface area contributed by atoms with Gasteiger partial charge >= 0.3 is 0 Å². The number of aromatic nitrogens is 2. The highest BCUT2D eigenvalue weighted by molar-refractivity contribution is 7.10. The average Bonchev–Trinajstić information content (AvgIpc) is 2.93. The maximum atomic E-state index is 4.51. The molecule has 2 aromatic heterocycles. The van der Waals surface area contributed by atoms with E-state index in [4.69, 9.17) is 0 Å². The first-order valence-electron chi connectivity index (χ1n) is 6.38. The Morgan fingerprint density at radius 2 is 2.28 bits per heavy atom. The zero-order chi connectivity index (χ0) is 13.1. The molecule has 2 aromatic rings. The van der Waals surface area contributed by atoms with E-state index in [-0.39, 0.29) is 0 Å². The van der Waals surface area contributed by atoms with Gasteiger partial charge in [0.25, 0.3) is 0 Å². The summed E-state index contributed by atoms with van der Waals surface area (Å²) in [5.41, 5.74) is 3.83. The van der Waals surface area contributed by atoms with E-state index >= 15 is 0 Å². The van der Waals surface area contributed by atoms with Crippen LogP contribution >= 0.6 is 11.3 Å². The molecule has 0 amide bonds. The summed E-state index contributed by atoms with van der Waals surface area (Å²) in [7, 11) is 4.06. The molecule has 18 heavy (non-hydrogen) atoms. The Morgan fingerprint density at radius 1 is 1.50 bits per heavy atom. The van der Waals surface area contributed by atoms with E-state index in [1.807, 2.05) is 30.1 Å². The summed E-state index contributed by atoms with van der Waals surface area (Å²) < 4.78 is 2.01. The molecule has 0 spiro atoms. The molecule has 0 radical (unpaired) electrons. The first kappa shape index (κ1) is 13.3. The second-order valence-electron chi connectivity index (χ2n) is 4.62. The number of rotatable bonds is 5. The van der Waals surface area contributed by atoms with E-state index in [9.17, 15) is 0 Å². The molecule has 98 valence electrons. The lowest BCUT2D eigenvalue weighted by Gasteiger charge is -2.15. The van der Waals surface area contributed by atoms with Crippen LogP contribution in [-0.2, 0) is 19.9 Å². The van der Waals surface area contributed by atoms with Crippen LogP contribution in [0.4, 0.5) is 0 Å². The number of thiophene rings is 1. The van der Waals surface area contributed by atoms with Crippen molar-refractivity contribution in [3.63, 3.8) is 0 Å². The van der Waals surface area contributed by atoms with Crippen LogP contribution < -0.4 is 5.32 Å². The van der Waals surface area contributed by atoms with E-state index in [1.165, 1.54) is 21.8 Å². The predicted molar refractivity (Wildman–Crippen MR) is 77.1 cm³/mol. The van der Waals surface area contributed by atoms with Gasteiger partial charge in [0.2, 0.25) is 0 Å². The molecule has 0 aliphatic carbocycles. The zero-order valence-corrected chi connectivity index (χ0v) is 12.3. The van der Waals surface area contributed by atoms with Gasteiger partial charge in [-0.25, -0.2) is 0 Å². The number of likely N-dealkylation sites (N-methyl/N-ethyl adjacent to an activating group) is 1. The van der Waals surface area contributed by atoms with Gasteiger partial charge in [0.1, 0.15) is 0 Å². The molecule has 2 heterocycles. The summed E-state index contributed by atoms with van der Waals surface area (Å²) >= 11 is 1.83. The van der Waals surface area contributed by atoms with Crippen LogP contribution in [0.5, 0.6) is 0 Å². The summed E-state index contributed by atoms with van der Waals surface area (Å²) in [5, 5.41) is 10.1. The highest BCUT2D eigenvalue weighted by atomic mass is 32.1. The first-order valence-corrected chi connectivity index (χ1v) is 7.26. The Labute approximate surface area is 113 Å². The minimum Gasteiger partial charge on any atom is -0.312 e. The predicted octanol–water partition coefficient (Wildman–Crippen LogP) is 2.86. The third-order valence-corrected chi connectivity index (χ3v) is 4.50. The number of hydrogen-bond donors (Lipinski definition) is 1. The average molecular weight is 263 g/mol. The van der Waals surface area contributed by atoms with Gasteiger partial charge in [0.05, 0.1) is 5.69 Å². The molecule has 2 rings (SSSR count). The van der Waals surface area contributed by atoms with Gasteiger partial charge in [-0.2, -0.15) is 5.10 Å². The largest absolute Gasteiger partial charge is 0.312 e. The Balaban J connectivity index is 2.20. The molecule has 0 fully saturated rings. The zero-order valence-electron chi connectivity index (χ0n) is 11.5. The fourth-order valence-corrected chi connectivity index (χ4v) is 3.25. The highest BCUT2D eigenvalue weighted by Gasteiger charge is 2.16. The van der Waals surface area contributed by atoms with Crippen molar-refractivity contribution >= 4 is 11.3 Å². The molecular formula is C14H21N3S. The summed E-state index contributed by atoms with van der Waals surface area (Å²) in [5.74, 6) is 0. The van der Waals surface area contributed by atoms with Crippen LogP contribution in [0.15, 0.2) is 17.5 Å². The van der Waals surface area contributed by atoms with Gasteiger partial charge in [-0.3, -0.25) is 4.68 Å². The normalized spacial score (nSPS) is 12.9. The van der Waals surface area contributed by atoms with E-state index in [1.54, 1.807) is 0 Å². The van der Waals surface area contributed by atoms with Crippen LogP contribution in [0.1, 0.15) is 34.8 Å². The molecule has 4 heteroatoms. The molecular weight excluding hydrogens is 242 g/mol. The topological polar surface area (TPSA) is 29.9 Å². The molecule has 0 aliphatic heterocycles. The lowest BCUT2D eigenvalue weighted by atomic mass is 10.1. The number of nitrogens with one attached hydrogen (secondary N) is 1. The van der Waals surface area contributed by atoms with Crippen LogP contribution in [0.3, 0.4) is 0 Å². The third kappa shape index (κ3) is 2.65. The quantitative estimate of drug-likeness (QED) is 0.899. The molecule has 1 atom stereocenters. The minimum atomic E-state index is 0.380. The molecule has 0 aliphatic rings. The molecule has 3 nitrogen and oxygen atoms in total. The Hall–Kier alpha value is -1.13. The number of nitrogens with zero attached hydrogens (tertiary/aromatic N) is 2. The minimum absolute atomic E-state index is 0.380. The van der Waals surface area contributed by atoms with Crippen LogP contribution in [0, 0.1) is 6.92 Å². The van der Waals surface area contributed by atoms with Crippen molar-refractivity contribution in [2.45, 2.75) is 32.7 Å². The van der Waals surface area contributed by atoms with Crippen LogP contribution in [-0.4, -0.2) is 16.8 Å². The van der Waals surface area contributed by atoms with Gasteiger partial charge in [-0.15, -0.1) is 11.3 Å². The molecule has 0 saturated carbocycles. The monoisotopic (exact) mass is 263 g/mol. The Bertz CT molecular complexity index is 513. The number of hydrogen-bond acceptors (Lipinski definition) is 3. The lowest BCUT2D eigenvalue weighted by Crippen LogP contribution is -2.19. The van der Waals surface area contributed by atoms with Crippen molar-refractivity contribution in [1.29, 1.82) is 0 Å². The van der Waals surface area contributed by atoms with E-state index in [0.717, 1.165) is 12.8 Å². The fourth-order valence-electron chi connectivity index (χ4n) is 2.21. The lowest BCUT2D eigenvalue weighted by molar-refractivity contribution is 0.567. The Morgan fingerprint density at radius 3 is 2.78 bits per heavy atom. The van der Waals surface area contributed by atoms with E-state index < -0.39 is 0 Å². The standard InChI is InChI=1S/C14H21N3S/c1-5-11-8-12(17(4)16-11)9-13(15-3)14-10(2)6-7-18-14/h6-8,13,15H,5,9H2,1-4H3. The summed E-state index contributed by atoms with van der Waals surface area (Å²) in [6.45, 7) is 4.32.